The van der Waals surface area contributed by atoms with Gasteiger partial charge in [0.15, 0.2) is 15.7 Å². The van der Waals surface area contributed by atoms with Crippen molar-refractivity contribution >= 4 is 32.7 Å². The number of nitrogens with zero attached hydrogens (tertiary/aromatic N) is 2. The fourth-order valence-corrected chi connectivity index (χ4v) is 6.28. The first-order valence-electron chi connectivity index (χ1n) is 11.6. The molecule has 11 nitrogen and oxygen atoms in total. The molecule has 0 amide bonds. The Labute approximate surface area is 231 Å². The van der Waals surface area contributed by atoms with Gasteiger partial charge in [0, 0.05) is 25.2 Å². The molecule has 1 saturated heterocycles. The molecule has 1 aromatic heterocycles. The molecule has 0 saturated carbocycles. The normalized spacial score (nSPS) is 16.0. The zero-order chi connectivity index (χ0) is 29.2. The third kappa shape index (κ3) is 6.51. The Bertz CT molecular complexity index is 1510. The maximum atomic E-state index is 13.6. The summed E-state index contributed by atoms with van der Waals surface area (Å²) in [6.45, 7) is 1.05. The van der Waals surface area contributed by atoms with E-state index in [-0.39, 0.29) is 22.2 Å². The van der Waals surface area contributed by atoms with Crippen LogP contribution in [-0.2, 0) is 16.2 Å². The van der Waals surface area contributed by atoms with E-state index in [1.165, 1.54) is 32.4 Å². The lowest BCUT2D eigenvalue weighted by Gasteiger charge is -2.19. The summed E-state index contributed by atoms with van der Waals surface area (Å²) in [5, 5.41) is 11.3. The molecule has 0 bridgehead atoms. The number of benzene rings is 2. The first kappa shape index (κ1) is 29.2. The standard InChI is InChI=1S/C24H24F3N3O8S2/c1-29-9-8-16(13-29)37-20-10-14(4-6-17(20)24(25,26)27)28-40(33,34)22-12-18(30(31)32)23(39-22)38-15-5-7-19(35-2)21(11-15)36-3/h4-7,10-12,16,28H,8-9,13H2,1-3H3. The van der Waals surface area contributed by atoms with Gasteiger partial charge >= 0.3 is 11.9 Å². The van der Waals surface area contributed by atoms with Gasteiger partial charge < -0.3 is 23.8 Å². The van der Waals surface area contributed by atoms with E-state index < -0.39 is 48.4 Å². The molecule has 4 rings (SSSR count). The Balaban J connectivity index is 1.62. The van der Waals surface area contributed by atoms with Crippen LogP contribution in [0.4, 0.5) is 24.5 Å². The number of likely N-dealkylation sites (N-methyl/N-ethyl adjacent to an activating group) is 1. The van der Waals surface area contributed by atoms with Crippen molar-refractivity contribution in [3.8, 4) is 28.1 Å². The minimum Gasteiger partial charge on any atom is -0.493 e. The molecule has 1 N–H and O–H groups in total. The number of thiophene rings is 1. The van der Waals surface area contributed by atoms with Crippen molar-refractivity contribution in [2.45, 2.75) is 22.9 Å². The SMILES string of the molecule is COc1ccc(Oc2sc(S(=O)(=O)Nc3ccc(C(F)(F)F)c(OC4CCN(C)C4)c3)cc2[N+](=O)[O-])cc1OC. The van der Waals surface area contributed by atoms with Gasteiger partial charge in [0.05, 0.1) is 36.5 Å². The van der Waals surface area contributed by atoms with Gasteiger partial charge in [0.2, 0.25) is 0 Å². The predicted octanol–water partition coefficient (Wildman–Crippen LogP) is 5.37. The molecule has 2 aromatic carbocycles. The quantitative estimate of drug-likeness (QED) is 0.240. The zero-order valence-corrected chi connectivity index (χ0v) is 23.0. The van der Waals surface area contributed by atoms with Crippen LogP contribution in [0.15, 0.2) is 46.7 Å². The van der Waals surface area contributed by atoms with E-state index >= 15 is 0 Å². The highest BCUT2D eigenvalue weighted by atomic mass is 32.2. The van der Waals surface area contributed by atoms with Crippen molar-refractivity contribution in [3.63, 3.8) is 0 Å². The second-order valence-electron chi connectivity index (χ2n) is 8.72. The molecule has 1 fully saturated rings. The van der Waals surface area contributed by atoms with Crippen LogP contribution in [0, 0.1) is 10.1 Å². The van der Waals surface area contributed by atoms with Crippen molar-refractivity contribution in [1.29, 1.82) is 0 Å². The number of ether oxygens (including phenoxy) is 4. The summed E-state index contributed by atoms with van der Waals surface area (Å²) in [5.41, 5.74) is -1.89. The van der Waals surface area contributed by atoms with Crippen molar-refractivity contribution in [2.75, 3.05) is 39.1 Å². The lowest BCUT2D eigenvalue weighted by atomic mass is 10.1. The number of rotatable bonds is 10. The van der Waals surface area contributed by atoms with E-state index in [2.05, 4.69) is 4.72 Å². The Hall–Kier alpha value is -3.76. The summed E-state index contributed by atoms with van der Waals surface area (Å²) >= 11 is 0.467. The molecule has 40 heavy (non-hydrogen) atoms. The molecule has 1 atom stereocenters. The lowest BCUT2D eigenvalue weighted by Crippen LogP contribution is -2.23. The highest BCUT2D eigenvalue weighted by Gasteiger charge is 2.36. The number of methoxy groups -OCH3 is 2. The van der Waals surface area contributed by atoms with Gasteiger partial charge in [-0.3, -0.25) is 14.8 Å². The van der Waals surface area contributed by atoms with Crippen molar-refractivity contribution in [1.82, 2.24) is 4.90 Å². The van der Waals surface area contributed by atoms with Crippen LogP contribution in [0.25, 0.3) is 0 Å². The molecule has 1 aliphatic heterocycles. The van der Waals surface area contributed by atoms with Crippen LogP contribution < -0.4 is 23.7 Å². The Morgan fingerprint density at radius 2 is 1.80 bits per heavy atom. The molecular formula is C24H24F3N3O8S2. The van der Waals surface area contributed by atoms with Crippen LogP contribution in [0.3, 0.4) is 0 Å². The maximum absolute atomic E-state index is 13.6. The van der Waals surface area contributed by atoms with E-state index in [0.717, 1.165) is 18.2 Å². The molecule has 1 aliphatic rings. The number of sulfonamides is 1. The highest BCUT2D eigenvalue weighted by Crippen LogP contribution is 2.44. The predicted molar refractivity (Wildman–Crippen MR) is 139 cm³/mol. The molecule has 0 aliphatic carbocycles. The van der Waals surface area contributed by atoms with E-state index in [9.17, 15) is 31.7 Å². The van der Waals surface area contributed by atoms with E-state index in [1.807, 2.05) is 11.9 Å². The number of halogens is 3. The van der Waals surface area contributed by atoms with Gasteiger partial charge in [-0.15, -0.1) is 0 Å². The molecular weight excluding hydrogens is 579 g/mol. The Morgan fingerprint density at radius 3 is 2.40 bits per heavy atom. The largest absolute Gasteiger partial charge is 0.493 e. The molecule has 2 heterocycles. The fourth-order valence-electron chi connectivity index (χ4n) is 3.96. The Kier molecular flexibility index (Phi) is 8.32. The maximum Gasteiger partial charge on any atom is 0.419 e. The van der Waals surface area contributed by atoms with E-state index in [1.54, 1.807) is 0 Å². The second kappa shape index (κ2) is 11.4. The number of nitrogens with one attached hydrogen (secondary N) is 1. The first-order valence-corrected chi connectivity index (χ1v) is 13.9. The smallest absolute Gasteiger partial charge is 0.419 e. The number of hydrogen-bond acceptors (Lipinski definition) is 10. The molecule has 1 unspecified atom stereocenters. The number of nitro groups is 1. The average Bonchev–Trinajstić information content (AvgIpc) is 3.49. The van der Waals surface area contributed by atoms with Crippen LogP contribution >= 0.6 is 11.3 Å². The van der Waals surface area contributed by atoms with Crippen molar-refractivity contribution < 1.29 is 45.5 Å². The first-order chi connectivity index (χ1) is 18.8. The van der Waals surface area contributed by atoms with Crippen LogP contribution in [0.1, 0.15) is 12.0 Å². The van der Waals surface area contributed by atoms with Gasteiger partial charge in [0.1, 0.15) is 17.6 Å². The summed E-state index contributed by atoms with van der Waals surface area (Å²) in [4.78, 5) is 12.7. The number of hydrogen-bond donors (Lipinski definition) is 1. The van der Waals surface area contributed by atoms with Gasteiger partial charge in [-0.2, -0.15) is 13.2 Å². The number of alkyl halides is 3. The molecule has 16 heteroatoms. The van der Waals surface area contributed by atoms with Gasteiger partial charge in [-0.25, -0.2) is 8.42 Å². The van der Waals surface area contributed by atoms with E-state index in [4.69, 9.17) is 18.9 Å². The summed E-state index contributed by atoms with van der Waals surface area (Å²) in [6.07, 6.45) is -4.73. The highest BCUT2D eigenvalue weighted by molar-refractivity contribution is 7.94. The minimum atomic E-state index is -4.73. The molecule has 0 radical (unpaired) electrons. The zero-order valence-electron chi connectivity index (χ0n) is 21.4. The Morgan fingerprint density at radius 1 is 1.07 bits per heavy atom. The third-order valence-corrected chi connectivity index (χ3v) is 8.72. The van der Waals surface area contributed by atoms with Gasteiger partial charge in [-0.05, 0) is 37.7 Å². The fraction of sp³-hybridized carbons (Fsp3) is 0.333. The third-order valence-electron chi connectivity index (χ3n) is 5.87. The second-order valence-corrected chi connectivity index (χ2v) is 11.6. The van der Waals surface area contributed by atoms with Gasteiger partial charge in [0.25, 0.3) is 15.1 Å². The average molecular weight is 604 g/mol. The summed E-state index contributed by atoms with van der Waals surface area (Å²) in [5.74, 6) is 0.241. The summed E-state index contributed by atoms with van der Waals surface area (Å²) in [6, 6.07) is 7.76. The summed E-state index contributed by atoms with van der Waals surface area (Å²) < 4.78 is 90.3. The van der Waals surface area contributed by atoms with Crippen molar-refractivity contribution in [3.05, 3.63) is 58.1 Å². The lowest BCUT2D eigenvalue weighted by molar-refractivity contribution is -0.385. The molecule has 3 aromatic rings. The topological polar surface area (TPSA) is 129 Å². The minimum absolute atomic E-state index is 0.113. The molecule has 0 spiro atoms. The van der Waals surface area contributed by atoms with E-state index in [0.29, 0.717) is 42.7 Å². The molecule has 216 valence electrons. The van der Waals surface area contributed by atoms with Crippen LogP contribution in [0.2, 0.25) is 0 Å². The van der Waals surface area contributed by atoms with Gasteiger partial charge in [-0.1, -0.05) is 11.3 Å². The van der Waals surface area contributed by atoms with Crippen LogP contribution in [-0.4, -0.2) is 58.7 Å². The number of anilines is 1. The summed E-state index contributed by atoms with van der Waals surface area (Å²) in [7, 11) is 0.143. The number of likely N-dealkylation sites (tertiary alicyclic amines) is 1. The van der Waals surface area contributed by atoms with Crippen LogP contribution in [0.5, 0.6) is 28.1 Å². The monoisotopic (exact) mass is 603 g/mol. The van der Waals surface area contributed by atoms with Crippen molar-refractivity contribution in [2.24, 2.45) is 0 Å².